The highest BCUT2D eigenvalue weighted by molar-refractivity contribution is 5.92. The second-order valence-electron chi connectivity index (χ2n) is 5.11. The van der Waals surface area contributed by atoms with E-state index in [1.54, 1.807) is 6.07 Å². The number of carbonyl (C=O) groups is 1. The second-order valence-corrected chi connectivity index (χ2v) is 5.11. The predicted octanol–water partition coefficient (Wildman–Crippen LogP) is 2.48. The molecule has 0 aliphatic heterocycles. The van der Waals surface area contributed by atoms with Gasteiger partial charge in [-0.2, -0.15) is 0 Å². The summed E-state index contributed by atoms with van der Waals surface area (Å²) in [6.45, 7) is 4.15. The Morgan fingerprint density at radius 2 is 2.10 bits per heavy atom. The average molecular weight is 288 g/mol. The molecule has 1 aromatic carbocycles. The number of hydrogen-bond donors (Lipinski definition) is 2. The largest absolute Gasteiger partial charge is 0.391 e. The molecule has 5 nitrogen and oxygen atoms in total. The van der Waals surface area contributed by atoms with Crippen LogP contribution in [-0.4, -0.2) is 28.8 Å². The summed E-state index contributed by atoms with van der Waals surface area (Å²) in [6, 6.07) is 11.1. The van der Waals surface area contributed by atoms with Crippen molar-refractivity contribution < 1.29 is 14.4 Å². The van der Waals surface area contributed by atoms with Crippen molar-refractivity contribution in [2.75, 3.05) is 6.54 Å². The third-order valence-corrected chi connectivity index (χ3v) is 3.58. The fourth-order valence-corrected chi connectivity index (χ4v) is 1.88. The second kappa shape index (κ2) is 7.04. The van der Waals surface area contributed by atoms with Gasteiger partial charge in [0.2, 0.25) is 5.76 Å². The van der Waals surface area contributed by atoms with Gasteiger partial charge in [-0.3, -0.25) is 4.79 Å². The molecule has 1 aromatic heterocycles. The van der Waals surface area contributed by atoms with Crippen molar-refractivity contribution in [3.8, 4) is 11.3 Å². The summed E-state index contributed by atoms with van der Waals surface area (Å²) in [5.41, 5.74) is 1.50. The van der Waals surface area contributed by atoms with E-state index in [-0.39, 0.29) is 24.1 Å². The van der Waals surface area contributed by atoms with Crippen LogP contribution in [-0.2, 0) is 0 Å². The maximum atomic E-state index is 11.9. The molecule has 1 amide bonds. The lowest BCUT2D eigenvalue weighted by Crippen LogP contribution is -2.35. The molecule has 1 heterocycles. The number of aliphatic hydroxyl groups is 1. The summed E-state index contributed by atoms with van der Waals surface area (Å²) in [5, 5.41) is 16.4. The monoisotopic (exact) mass is 288 g/mol. The minimum atomic E-state index is -0.560. The fraction of sp³-hybridized carbons (Fsp3) is 0.375. The topological polar surface area (TPSA) is 75.4 Å². The van der Waals surface area contributed by atoms with Crippen LogP contribution in [0.2, 0.25) is 0 Å². The molecule has 0 saturated heterocycles. The molecule has 0 aliphatic carbocycles. The van der Waals surface area contributed by atoms with Crippen LogP contribution in [0.5, 0.6) is 0 Å². The van der Waals surface area contributed by atoms with Crippen LogP contribution in [0.1, 0.15) is 30.8 Å². The van der Waals surface area contributed by atoms with Crippen molar-refractivity contribution in [2.45, 2.75) is 26.4 Å². The molecule has 2 atom stereocenters. The molecule has 0 saturated carbocycles. The van der Waals surface area contributed by atoms with Crippen molar-refractivity contribution in [3.63, 3.8) is 0 Å². The van der Waals surface area contributed by atoms with E-state index in [2.05, 4.69) is 10.5 Å². The first kappa shape index (κ1) is 15.3. The van der Waals surface area contributed by atoms with Gasteiger partial charge >= 0.3 is 0 Å². The lowest BCUT2D eigenvalue weighted by Gasteiger charge is -2.16. The molecular weight excluding hydrogens is 268 g/mol. The summed E-state index contributed by atoms with van der Waals surface area (Å²) in [4.78, 5) is 11.9. The summed E-state index contributed by atoms with van der Waals surface area (Å²) in [7, 11) is 0. The van der Waals surface area contributed by atoms with Gasteiger partial charge in [-0.25, -0.2) is 0 Å². The number of aliphatic hydroxyl groups excluding tert-OH is 1. The van der Waals surface area contributed by atoms with E-state index in [9.17, 15) is 9.90 Å². The highest BCUT2D eigenvalue weighted by Gasteiger charge is 2.17. The van der Waals surface area contributed by atoms with Gasteiger partial charge in [0, 0.05) is 18.2 Å². The van der Waals surface area contributed by atoms with Gasteiger partial charge in [-0.15, -0.1) is 0 Å². The molecular formula is C16H20N2O3. The molecule has 2 unspecified atom stereocenters. The average Bonchev–Trinajstić information content (AvgIpc) is 3.02. The standard InChI is InChI=1S/C16H20N2O3/c1-3-11(2)14(19)10-17-16(20)15-9-13(18-21-15)12-7-5-4-6-8-12/h4-9,11,14,19H,3,10H2,1-2H3,(H,17,20). The van der Waals surface area contributed by atoms with Gasteiger partial charge in [-0.05, 0) is 5.92 Å². The molecule has 0 spiro atoms. The zero-order valence-electron chi connectivity index (χ0n) is 12.2. The smallest absolute Gasteiger partial charge is 0.290 e. The van der Waals surface area contributed by atoms with E-state index < -0.39 is 6.10 Å². The Hall–Kier alpha value is -2.14. The van der Waals surface area contributed by atoms with Gasteiger partial charge in [-0.1, -0.05) is 55.8 Å². The SMILES string of the molecule is CCC(C)C(O)CNC(=O)c1cc(-c2ccccc2)no1. The van der Waals surface area contributed by atoms with E-state index in [0.29, 0.717) is 5.69 Å². The number of hydrogen-bond acceptors (Lipinski definition) is 4. The number of carbonyl (C=O) groups excluding carboxylic acids is 1. The molecule has 5 heteroatoms. The lowest BCUT2D eigenvalue weighted by molar-refractivity contribution is 0.0819. The minimum absolute atomic E-state index is 0.139. The summed E-state index contributed by atoms with van der Waals surface area (Å²) in [5.74, 6) is -0.0860. The van der Waals surface area contributed by atoms with Crippen LogP contribution in [0.15, 0.2) is 40.9 Å². The van der Waals surface area contributed by atoms with Crippen molar-refractivity contribution in [1.29, 1.82) is 0 Å². The number of rotatable bonds is 6. The van der Waals surface area contributed by atoms with Gasteiger partial charge < -0.3 is 14.9 Å². The molecule has 2 rings (SSSR count). The predicted molar refractivity (Wildman–Crippen MR) is 79.7 cm³/mol. The van der Waals surface area contributed by atoms with Crippen LogP contribution >= 0.6 is 0 Å². The first-order valence-electron chi connectivity index (χ1n) is 7.10. The van der Waals surface area contributed by atoms with E-state index in [1.807, 2.05) is 44.2 Å². The third-order valence-electron chi connectivity index (χ3n) is 3.58. The maximum Gasteiger partial charge on any atom is 0.290 e. The Kier molecular flexibility index (Phi) is 5.11. The molecule has 0 fully saturated rings. The number of benzene rings is 1. The van der Waals surface area contributed by atoms with E-state index in [4.69, 9.17) is 4.52 Å². The number of amides is 1. The molecule has 0 radical (unpaired) electrons. The molecule has 21 heavy (non-hydrogen) atoms. The molecule has 112 valence electrons. The maximum absolute atomic E-state index is 11.9. The first-order valence-corrected chi connectivity index (χ1v) is 7.10. The summed E-state index contributed by atoms with van der Waals surface area (Å²) < 4.78 is 5.06. The first-order chi connectivity index (χ1) is 10.1. The van der Waals surface area contributed by atoms with Crippen molar-refractivity contribution in [3.05, 3.63) is 42.2 Å². The molecule has 0 aliphatic rings. The number of nitrogens with one attached hydrogen (secondary N) is 1. The van der Waals surface area contributed by atoms with Crippen molar-refractivity contribution in [1.82, 2.24) is 10.5 Å². The van der Waals surface area contributed by atoms with Crippen LogP contribution in [0.25, 0.3) is 11.3 Å². The van der Waals surface area contributed by atoms with Crippen LogP contribution in [0.4, 0.5) is 0 Å². The van der Waals surface area contributed by atoms with Crippen molar-refractivity contribution in [2.24, 2.45) is 5.92 Å². The highest BCUT2D eigenvalue weighted by Crippen LogP contribution is 2.18. The highest BCUT2D eigenvalue weighted by atomic mass is 16.5. The van der Waals surface area contributed by atoms with Gasteiger partial charge in [0.05, 0.1) is 6.10 Å². The number of aromatic nitrogens is 1. The zero-order valence-corrected chi connectivity index (χ0v) is 12.2. The Balaban J connectivity index is 1.97. The minimum Gasteiger partial charge on any atom is -0.391 e. The number of nitrogens with zero attached hydrogens (tertiary/aromatic N) is 1. The molecule has 2 N–H and O–H groups in total. The molecule has 0 bridgehead atoms. The quantitative estimate of drug-likeness (QED) is 0.856. The Labute approximate surface area is 124 Å². The van der Waals surface area contributed by atoms with Crippen LogP contribution in [0.3, 0.4) is 0 Å². The molecule has 2 aromatic rings. The zero-order chi connectivity index (χ0) is 15.2. The Bertz CT molecular complexity index is 580. The van der Waals surface area contributed by atoms with E-state index in [0.717, 1.165) is 12.0 Å². The normalized spacial score (nSPS) is 13.7. The lowest BCUT2D eigenvalue weighted by atomic mass is 10.0. The summed E-state index contributed by atoms with van der Waals surface area (Å²) in [6.07, 6.45) is 0.299. The van der Waals surface area contributed by atoms with Crippen LogP contribution in [0, 0.1) is 5.92 Å². The van der Waals surface area contributed by atoms with Gasteiger partial charge in [0.15, 0.2) is 0 Å². The Morgan fingerprint density at radius 3 is 2.76 bits per heavy atom. The van der Waals surface area contributed by atoms with Gasteiger partial charge in [0.1, 0.15) is 5.69 Å². The van der Waals surface area contributed by atoms with Crippen LogP contribution < -0.4 is 5.32 Å². The third kappa shape index (κ3) is 3.92. The van der Waals surface area contributed by atoms with Crippen molar-refractivity contribution >= 4 is 5.91 Å². The summed E-state index contributed by atoms with van der Waals surface area (Å²) >= 11 is 0. The fourth-order valence-electron chi connectivity index (χ4n) is 1.88. The van der Waals surface area contributed by atoms with Gasteiger partial charge in [0.25, 0.3) is 5.91 Å². The Morgan fingerprint density at radius 1 is 1.38 bits per heavy atom. The van der Waals surface area contributed by atoms with E-state index in [1.165, 1.54) is 0 Å². The van der Waals surface area contributed by atoms with E-state index >= 15 is 0 Å².